The molecule has 0 unspecified atom stereocenters. The molecular formula is C5H12ClNO3. The van der Waals surface area contributed by atoms with Crippen LogP contribution >= 0.6 is 12.4 Å². The van der Waals surface area contributed by atoms with E-state index in [9.17, 15) is 4.79 Å². The number of carbonyl (C=O) groups excluding carboxylic acids is 1. The van der Waals surface area contributed by atoms with Crippen molar-refractivity contribution >= 4 is 18.5 Å². The lowest BCUT2D eigenvalue weighted by molar-refractivity contribution is 0.0229. The van der Waals surface area contributed by atoms with Gasteiger partial charge >= 0.3 is 6.09 Å². The van der Waals surface area contributed by atoms with Gasteiger partial charge < -0.3 is 4.74 Å². The lowest BCUT2D eigenvalue weighted by atomic mass is 10.2. The van der Waals surface area contributed by atoms with Crippen molar-refractivity contribution in [2.45, 2.75) is 26.4 Å². The van der Waals surface area contributed by atoms with Gasteiger partial charge in [-0.25, -0.2) is 10.3 Å². The van der Waals surface area contributed by atoms with E-state index in [1.807, 2.05) is 0 Å². The average molecular weight is 170 g/mol. The lowest BCUT2D eigenvalue weighted by Crippen LogP contribution is -2.30. The third-order valence-corrected chi connectivity index (χ3v) is 0.490. The van der Waals surface area contributed by atoms with E-state index in [0.29, 0.717) is 0 Å². The van der Waals surface area contributed by atoms with Crippen LogP contribution in [0.1, 0.15) is 20.8 Å². The maximum Gasteiger partial charge on any atom is 0.431 e. The van der Waals surface area contributed by atoms with Gasteiger partial charge in [-0.15, -0.1) is 12.4 Å². The summed E-state index contributed by atoms with van der Waals surface area (Å²) >= 11 is 0. The SMILES string of the molecule is CC(C)(C)OC(=O)NO.Cl. The number of rotatable bonds is 0. The highest BCUT2D eigenvalue weighted by atomic mass is 35.5. The first kappa shape index (κ1) is 12.2. The topological polar surface area (TPSA) is 58.6 Å². The second kappa shape index (κ2) is 4.35. The number of hydroxylamine groups is 1. The summed E-state index contributed by atoms with van der Waals surface area (Å²) in [6.07, 6.45) is -0.831. The van der Waals surface area contributed by atoms with E-state index < -0.39 is 11.7 Å². The van der Waals surface area contributed by atoms with E-state index in [1.165, 1.54) is 5.48 Å². The lowest BCUT2D eigenvalue weighted by Gasteiger charge is -2.17. The predicted octanol–water partition coefficient (Wildman–Crippen LogP) is 1.32. The molecule has 0 radical (unpaired) electrons. The van der Waals surface area contributed by atoms with Crippen LogP contribution in [0.3, 0.4) is 0 Å². The van der Waals surface area contributed by atoms with Crippen LogP contribution in [0.25, 0.3) is 0 Å². The Morgan fingerprint density at radius 2 is 1.90 bits per heavy atom. The van der Waals surface area contributed by atoms with Crippen LogP contribution in [0.5, 0.6) is 0 Å². The Morgan fingerprint density at radius 1 is 1.50 bits per heavy atom. The number of hydrogen-bond donors (Lipinski definition) is 2. The van der Waals surface area contributed by atoms with E-state index >= 15 is 0 Å². The summed E-state index contributed by atoms with van der Waals surface area (Å²) in [5.74, 6) is 0. The minimum atomic E-state index is -0.831. The Bertz CT molecular complexity index is 110. The first-order chi connectivity index (χ1) is 3.95. The zero-order valence-electron chi connectivity index (χ0n) is 6.17. The first-order valence-corrected chi connectivity index (χ1v) is 2.59. The van der Waals surface area contributed by atoms with Crippen molar-refractivity contribution in [1.29, 1.82) is 0 Å². The van der Waals surface area contributed by atoms with Crippen molar-refractivity contribution < 1.29 is 14.7 Å². The van der Waals surface area contributed by atoms with Gasteiger partial charge in [0, 0.05) is 0 Å². The summed E-state index contributed by atoms with van der Waals surface area (Å²) < 4.78 is 4.59. The minimum absolute atomic E-state index is 0. The molecule has 10 heavy (non-hydrogen) atoms. The largest absolute Gasteiger partial charge is 0.442 e. The van der Waals surface area contributed by atoms with E-state index in [1.54, 1.807) is 20.8 Å². The van der Waals surface area contributed by atoms with Gasteiger partial charge in [-0.3, -0.25) is 5.21 Å². The van der Waals surface area contributed by atoms with E-state index in [2.05, 4.69) is 4.74 Å². The Hall–Kier alpha value is -0.480. The molecule has 0 spiro atoms. The second-order valence-corrected chi connectivity index (χ2v) is 2.61. The maximum atomic E-state index is 10.2. The molecule has 0 aliphatic heterocycles. The van der Waals surface area contributed by atoms with Gasteiger partial charge in [0.05, 0.1) is 0 Å². The number of carbonyl (C=O) groups is 1. The quantitative estimate of drug-likeness (QED) is 0.425. The minimum Gasteiger partial charge on any atom is -0.442 e. The van der Waals surface area contributed by atoms with E-state index in [-0.39, 0.29) is 12.4 Å². The smallest absolute Gasteiger partial charge is 0.431 e. The Morgan fingerprint density at radius 3 is 2.00 bits per heavy atom. The number of halogens is 1. The van der Waals surface area contributed by atoms with Crippen LogP contribution < -0.4 is 5.48 Å². The highest BCUT2D eigenvalue weighted by Gasteiger charge is 2.14. The molecule has 0 atom stereocenters. The molecule has 0 aromatic heterocycles. The third kappa shape index (κ3) is 7.52. The molecule has 0 fully saturated rings. The van der Waals surface area contributed by atoms with Crippen molar-refractivity contribution in [3.63, 3.8) is 0 Å². The van der Waals surface area contributed by atoms with Gasteiger partial charge in [-0.2, -0.15) is 0 Å². The summed E-state index contributed by atoms with van der Waals surface area (Å²) in [4.78, 5) is 10.2. The highest BCUT2D eigenvalue weighted by molar-refractivity contribution is 5.85. The monoisotopic (exact) mass is 169 g/mol. The van der Waals surface area contributed by atoms with Gasteiger partial charge in [0.15, 0.2) is 0 Å². The fourth-order valence-corrected chi connectivity index (χ4v) is 0.301. The van der Waals surface area contributed by atoms with Crippen LogP contribution in [-0.4, -0.2) is 16.9 Å². The number of ether oxygens (including phenoxy) is 1. The van der Waals surface area contributed by atoms with Gasteiger partial charge in [0.2, 0.25) is 0 Å². The molecule has 0 aliphatic rings. The Labute approximate surface area is 65.9 Å². The van der Waals surface area contributed by atoms with Crippen molar-refractivity contribution in [3.05, 3.63) is 0 Å². The van der Waals surface area contributed by atoms with Crippen LogP contribution in [-0.2, 0) is 4.74 Å². The molecule has 0 saturated heterocycles. The summed E-state index contributed by atoms with van der Waals surface area (Å²) in [6, 6.07) is 0. The summed E-state index contributed by atoms with van der Waals surface area (Å²) in [5.41, 5.74) is 0.812. The predicted molar refractivity (Wildman–Crippen MR) is 38.4 cm³/mol. The van der Waals surface area contributed by atoms with Gasteiger partial charge in [-0.1, -0.05) is 0 Å². The third-order valence-electron chi connectivity index (χ3n) is 0.490. The van der Waals surface area contributed by atoms with Gasteiger partial charge in [0.1, 0.15) is 5.60 Å². The number of amides is 1. The molecule has 0 aromatic rings. The van der Waals surface area contributed by atoms with E-state index in [4.69, 9.17) is 5.21 Å². The summed E-state index contributed by atoms with van der Waals surface area (Å²) in [5, 5.41) is 7.97. The first-order valence-electron chi connectivity index (χ1n) is 2.59. The second-order valence-electron chi connectivity index (χ2n) is 2.61. The molecule has 4 nitrogen and oxygen atoms in total. The molecule has 5 heteroatoms. The molecule has 0 bridgehead atoms. The molecule has 0 saturated carbocycles. The fraction of sp³-hybridized carbons (Fsp3) is 0.800. The van der Waals surface area contributed by atoms with E-state index in [0.717, 1.165) is 0 Å². The van der Waals surface area contributed by atoms with Crippen molar-refractivity contribution in [2.24, 2.45) is 0 Å². The average Bonchev–Trinajstić information content (AvgIpc) is 1.62. The molecule has 62 valence electrons. The molecule has 0 aliphatic carbocycles. The normalized spacial score (nSPS) is 9.60. The molecule has 2 N–H and O–H groups in total. The number of nitrogens with one attached hydrogen (secondary N) is 1. The molecule has 0 heterocycles. The molecule has 1 amide bonds. The van der Waals surface area contributed by atoms with Gasteiger partial charge in [0.25, 0.3) is 0 Å². The Kier molecular flexibility index (Phi) is 5.32. The van der Waals surface area contributed by atoms with Crippen LogP contribution in [0.4, 0.5) is 4.79 Å². The van der Waals surface area contributed by atoms with Crippen LogP contribution in [0.2, 0.25) is 0 Å². The maximum absolute atomic E-state index is 10.2. The standard InChI is InChI=1S/C5H11NO3.ClH/c1-5(2,3)9-4(7)6-8;/h8H,1-3H3,(H,6,7);1H. The van der Waals surface area contributed by atoms with Crippen molar-refractivity contribution in [2.75, 3.05) is 0 Å². The van der Waals surface area contributed by atoms with Crippen LogP contribution in [0, 0.1) is 0 Å². The van der Waals surface area contributed by atoms with Crippen molar-refractivity contribution in [1.82, 2.24) is 5.48 Å². The zero-order valence-corrected chi connectivity index (χ0v) is 6.99. The summed E-state index contributed by atoms with van der Waals surface area (Å²) in [7, 11) is 0. The number of hydrogen-bond acceptors (Lipinski definition) is 3. The van der Waals surface area contributed by atoms with Crippen molar-refractivity contribution in [3.8, 4) is 0 Å². The molecule has 0 rings (SSSR count). The zero-order chi connectivity index (χ0) is 7.49. The van der Waals surface area contributed by atoms with Gasteiger partial charge in [-0.05, 0) is 20.8 Å². The highest BCUT2D eigenvalue weighted by Crippen LogP contribution is 2.05. The fourth-order valence-electron chi connectivity index (χ4n) is 0.301. The molecular weight excluding hydrogens is 158 g/mol. The Balaban J connectivity index is 0. The summed E-state index contributed by atoms with van der Waals surface area (Å²) in [6.45, 7) is 5.13. The van der Waals surface area contributed by atoms with Crippen LogP contribution in [0.15, 0.2) is 0 Å². The molecule has 0 aromatic carbocycles.